The number of aliphatic hydroxyl groups excluding tert-OH is 2. The number of nitrogens with zero attached hydrogens (tertiary/aromatic N) is 2. The molecule has 7 amide bonds. The Morgan fingerprint density at radius 1 is 0.744 bits per heavy atom. The molecular weight excluding hydrogens is 1180 g/mol. The van der Waals surface area contributed by atoms with Crippen LogP contribution < -0.4 is 60.2 Å². The van der Waals surface area contributed by atoms with E-state index in [4.69, 9.17) is 48.2 Å². The molecular formula is C62H95N13O14P+. The number of hydrogen-bond acceptors (Lipinski definition) is 17. The minimum Gasteiger partial charge on any atom is -0.394 e. The number of imidazole rings is 1. The molecule has 0 aliphatic carbocycles. The molecule has 90 heavy (non-hydrogen) atoms. The largest absolute Gasteiger partial charge is 0.473 e. The highest BCUT2D eigenvalue weighted by atomic mass is 31.2. The van der Waals surface area contributed by atoms with Gasteiger partial charge in [0.15, 0.2) is 11.0 Å². The van der Waals surface area contributed by atoms with Gasteiger partial charge < -0.3 is 75.5 Å². The number of aromatic nitrogens is 2. The third-order valence-electron chi connectivity index (χ3n) is 21.6. The van der Waals surface area contributed by atoms with Crippen LogP contribution in [-0.4, -0.2) is 128 Å². The second-order valence-corrected chi connectivity index (χ2v) is 29.1. The Kier molecular flexibility index (Phi) is 19.9. The third-order valence-corrected chi connectivity index (χ3v) is 22.7. The second-order valence-electron chi connectivity index (χ2n) is 27.7. The normalized spacial score (nSPS) is 36.8. The van der Waals surface area contributed by atoms with Crippen LogP contribution in [0.3, 0.4) is 0 Å². The molecule has 8 rings (SSSR count). The smallest absolute Gasteiger partial charge is 0.394 e. The third kappa shape index (κ3) is 13.1. The number of allylic oxidation sites excluding steroid dienone is 3. The number of aryl methyl sites for hydroxylation is 2. The molecule has 5 unspecified atom stereocenters. The summed E-state index contributed by atoms with van der Waals surface area (Å²) in [6, 6.07) is 1.20. The van der Waals surface area contributed by atoms with Gasteiger partial charge in [0.05, 0.1) is 12.6 Å². The molecule has 0 saturated carbocycles. The van der Waals surface area contributed by atoms with Crippen LogP contribution in [0.2, 0.25) is 0 Å². The summed E-state index contributed by atoms with van der Waals surface area (Å²) in [5.74, 6) is -6.45. The Balaban J connectivity index is 1.20. The number of fused-ring (bicyclic) bond motifs is 10. The number of primary amides is 6. The van der Waals surface area contributed by atoms with Crippen LogP contribution in [0.25, 0.3) is 11.0 Å². The van der Waals surface area contributed by atoms with Gasteiger partial charge >= 0.3 is 7.82 Å². The molecule has 18 atom stereocenters. The van der Waals surface area contributed by atoms with E-state index in [-0.39, 0.29) is 70.1 Å². The zero-order chi connectivity index (χ0) is 66.7. The molecule has 0 radical (unpaired) electrons. The number of phosphoric ester groups is 1. The molecule has 496 valence electrons. The summed E-state index contributed by atoms with van der Waals surface area (Å²) in [6.45, 7) is 20.2. The number of hydrogen-bond donors (Lipinski definition) is 14. The number of benzene rings is 1. The van der Waals surface area contributed by atoms with Crippen LogP contribution in [0, 0.1) is 59.2 Å². The fourth-order valence-corrected chi connectivity index (χ4v) is 17.7. The van der Waals surface area contributed by atoms with Gasteiger partial charge in [0.1, 0.15) is 24.4 Å². The molecule has 6 aliphatic heterocycles. The number of amides is 7. The maximum atomic E-state index is 14.3. The van der Waals surface area contributed by atoms with E-state index in [1.165, 1.54) is 6.92 Å². The first kappa shape index (κ1) is 69.3. The van der Waals surface area contributed by atoms with Crippen molar-refractivity contribution in [3.05, 3.63) is 63.9 Å². The number of ether oxygens (including phenoxy) is 1. The van der Waals surface area contributed by atoms with E-state index in [2.05, 4.69) is 51.2 Å². The van der Waals surface area contributed by atoms with E-state index in [0.29, 0.717) is 28.9 Å². The fourth-order valence-electron chi connectivity index (χ4n) is 16.6. The Hall–Kier alpha value is -6.58. The molecule has 5 fully saturated rings. The first-order chi connectivity index (χ1) is 41.8. The average molecular weight is 1280 g/mol. The van der Waals surface area contributed by atoms with Crippen LogP contribution in [0.1, 0.15) is 150 Å². The van der Waals surface area contributed by atoms with Crippen LogP contribution in [0.4, 0.5) is 0 Å². The summed E-state index contributed by atoms with van der Waals surface area (Å²) in [4.78, 5) is 112. The van der Waals surface area contributed by atoms with E-state index in [9.17, 15) is 53.2 Å². The average Bonchev–Trinajstić information content (AvgIpc) is 1.53. The monoisotopic (exact) mass is 1280 g/mol. The van der Waals surface area contributed by atoms with Crippen molar-refractivity contribution in [2.24, 2.45) is 84.7 Å². The number of carbonyl (C=O) groups is 7. The van der Waals surface area contributed by atoms with E-state index in [1.807, 2.05) is 67.5 Å². The van der Waals surface area contributed by atoms with E-state index >= 15 is 0 Å². The summed E-state index contributed by atoms with van der Waals surface area (Å²) in [5, 5.41) is 37.3. The zero-order valence-electron chi connectivity index (χ0n) is 53.5. The molecule has 2 aromatic rings. The highest BCUT2D eigenvalue weighted by Crippen LogP contribution is 2.62. The number of carbonyl (C=O) groups excluding carboxylic acids is 7. The minimum absolute atomic E-state index is 0.0185. The van der Waals surface area contributed by atoms with Gasteiger partial charge in [0, 0.05) is 119 Å². The highest BCUT2D eigenvalue weighted by molar-refractivity contribution is 7.47. The van der Waals surface area contributed by atoms with Crippen LogP contribution in [0.15, 0.2) is 57.8 Å². The standard InChI is InChI=1S/C62H94N13O14P/c1-29-20-39-40(21-30(29)2)75(28-70-39)57-52(84)53(41(27-76)87-57)89-90(85,86)88-31(3)26-69-49(83)18-19-59(8)37(22-46(66)80)56-62(11)61(10,25-48(68)82)36(14-17-45(65)79)51(74-62)33(5)55-60(9,24-47(67)81)34(12-15-43(63)77)38(71-55)23-42-58(6,7)35(13-16-44(64)78)50(72-42)32(4)54(59)73-56/h20-21,23,26,28,31,34-38,41,50-53,56-57,71-74,76,84H,12-19,22,24-25,27H2,1-11H3,(H13,63,64,65,66,67,68,77,78,79,80,81,82,85,86)/p+1/b42-23-,54-32-,55-33-,69-26?/t31-,34-,35-,36-,37+,38?,41-,50?,51?,52-,53-,56?,57+,59-,60+,61+,62+/m1/s1. The SMILES string of the molecule is C/C1=C2/NC([C@H](CC(N)=O)[C@@]2(C)CCC(=O)N=C[C@@H](C)OP(=O)(O)O[C@H]2[C@@H](O)[C@@H]([n+]3c[nH]c4cc(C)c(C)cc43)O[C@@H]2CO)[C@]2(C)NC(/C(C)=C3\NC(/C=C4\NC1[C@@H](CCC(N)=O)C4(C)C)[C@@H](CCC(N)=O)[C@]3(C)CC(N)=O)[C@@H](CCC(N)=O)[C@]2(C)CC(N)=O. The van der Waals surface area contributed by atoms with Crippen molar-refractivity contribution in [3.8, 4) is 0 Å². The van der Waals surface area contributed by atoms with Crippen molar-refractivity contribution in [3.63, 3.8) is 0 Å². The number of H-pyrrole nitrogens is 1. The zero-order valence-corrected chi connectivity index (χ0v) is 54.4. The quantitative estimate of drug-likeness (QED) is 0.0381. The van der Waals surface area contributed by atoms with Gasteiger partial charge in [-0.2, -0.15) is 4.57 Å². The summed E-state index contributed by atoms with van der Waals surface area (Å²) < 4.78 is 32.2. The lowest BCUT2D eigenvalue weighted by molar-refractivity contribution is -0.743. The van der Waals surface area contributed by atoms with Gasteiger partial charge in [0.25, 0.3) is 0 Å². The van der Waals surface area contributed by atoms with Gasteiger partial charge in [-0.3, -0.25) is 42.6 Å². The number of rotatable bonds is 25. The Bertz CT molecular complexity index is 3380. The molecule has 1 aromatic carbocycles. The summed E-state index contributed by atoms with van der Waals surface area (Å²) in [7, 11) is -5.10. The summed E-state index contributed by atoms with van der Waals surface area (Å²) in [6.07, 6.45) is -2.37. The molecule has 6 aliphatic rings. The van der Waals surface area contributed by atoms with Crippen LogP contribution in [-0.2, 0) is 51.9 Å². The number of aliphatic hydroxyl groups is 2. The predicted molar refractivity (Wildman–Crippen MR) is 331 cm³/mol. The minimum atomic E-state index is -5.10. The predicted octanol–water partition coefficient (Wildman–Crippen LogP) is 1.62. The van der Waals surface area contributed by atoms with Gasteiger partial charge in [0.2, 0.25) is 53.9 Å². The van der Waals surface area contributed by atoms with Gasteiger partial charge in [-0.25, -0.2) is 14.5 Å². The molecule has 20 N–H and O–H groups in total. The summed E-state index contributed by atoms with van der Waals surface area (Å²) in [5.41, 5.74) is 37.9. The molecule has 28 heteroatoms. The Morgan fingerprint density at radius 2 is 1.32 bits per heavy atom. The Morgan fingerprint density at radius 3 is 1.91 bits per heavy atom. The lowest BCUT2D eigenvalue weighted by Gasteiger charge is -2.49. The van der Waals surface area contributed by atoms with Crippen molar-refractivity contribution in [2.75, 3.05) is 6.61 Å². The molecule has 27 nitrogen and oxygen atoms in total. The van der Waals surface area contributed by atoms with Gasteiger partial charge in [-0.15, -0.1) is 0 Å². The van der Waals surface area contributed by atoms with Crippen LogP contribution >= 0.6 is 7.82 Å². The first-order valence-corrected chi connectivity index (χ1v) is 32.5. The van der Waals surface area contributed by atoms with Gasteiger partial charge in [-0.1, -0.05) is 34.6 Å². The number of aliphatic imine (C=N–C) groups is 1. The maximum Gasteiger partial charge on any atom is 0.473 e. The molecule has 1 aromatic heterocycles. The van der Waals surface area contributed by atoms with E-state index < -0.39 is 156 Å². The van der Waals surface area contributed by atoms with E-state index in [0.717, 1.165) is 34.1 Å². The lowest BCUT2D eigenvalue weighted by Crippen LogP contribution is -2.64. The number of aromatic amines is 1. The number of nitrogens with two attached hydrogens (primary N) is 6. The van der Waals surface area contributed by atoms with Crippen molar-refractivity contribution >= 4 is 66.4 Å². The lowest BCUT2D eigenvalue weighted by atomic mass is 9.56. The first-order valence-electron chi connectivity index (χ1n) is 31.0. The maximum absolute atomic E-state index is 14.3. The molecule has 5 saturated heterocycles. The van der Waals surface area contributed by atoms with Crippen molar-refractivity contribution in [2.45, 2.75) is 207 Å². The number of phosphoric acid groups is 1. The van der Waals surface area contributed by atoms with Crippen molar-refractivity contribution in [1.29, 1.82) is 0 Å². The fraction of sp³-hybridized carbons (Fsp3) is 0.661. The Labute approximate surface area is 524 Å². The van der Waals surface area contributed by atoms with Crippen molar-refractivity contribution < 1.29 is 71.6 Å². The molecule has 0 spiro atoms. The van der Waals surface area contributed by atoms with E-state index in [1.54, 1.807) is 10.9 Å². The van der Waals surface area contributed by atoms with Crippen molar-refractivity contribution in [1.82, 2.24) is 26.3 Å². The highest BCUT2D eigenvalue weighted by Gasteiger charge is 2.68. The molecule has 7 heterocycles. The molecule has 8 bridgehead atoms. The number of nitrogens with one attached hydrogen (secondary N) is 5. The van der Waals surface area contributed by atoms with Gasteiger partial charge in [-0.05, 0) is 125 Å². The second kappa shape index (κ2) is 25.8. The van der Waals surface area contributed by atoms with Crippen LogP contribution in [0.5, 0.6) is 0 Å². The summed E-state index contributed by atoms with van der Waals surface area (Å²) >= 11 is 0. The topological polar surface area (TPSA) is 461 Å².